The molecule has 0 aliphatic carbocycles. The number of halogens is 1. The van der Waals surface area contributed by atoms with E-state index in [-0.39, 0.29) is 28.1 Å². The number of rotatable bonds is 8. The third-order valence-electron chi connectivity index (χ3n) is 5.29. The molecule has 4 rings (SSSR count). The van der Waals surface area contributed by atoms with Crippen molar-refractivity contribution < 1.29 is 9.07 Å². The van der Waals surface area contributed by atoms with Crippen molar-refractivity contribution in [1.82, 2.24) is 19.9 Å². The van der Waals surface area contributed by atoms with Crippen LogP contribution in [0.5, 0.6) is 0 Å². The van der Waals surface area contributed by atoms with Gasteiger partial charge in [0.1, 0.15) is 6.54 Å². The van der Waals surface area contributed by atoms with Crippen LogP contribution < -0.4 is 16.2 Å². The quantitative estimate of drug-likeness (QED) is 0.367. The first-order chi connectivity index (χ1) is 15.5. The number of hydrogen-bond donors (Lipinski definition) is 3. The highest BCUT2D eigenvalue weighted by Gasteiger charge is 2.12. The monoisotopic (exact) mass is 455 g/mol. The van der Waals surface area contributed by atoms with Crippen LogP contribution in [0.25, 0.3) is 10.9 Å². The summed E-state index contributed by atoms with van der Waals surface area (Å²) >= 11 is 6.17. The van der Waals surface area contributed by atoms with Crippen molar-refractivity contribution in [2.24, 2.45) is 0 Å². The smallest absolute Gasteiger partial charge is 0.293 e. The number of aromatic amines is 1. The van der Waals surface area contributed by atoms with Crippen molar-refractivity contribution in [3.8, 4) is 0 Å². The zero-order valence-corrected chi connectivity index (χ0v) is 18.4. The van der Waals surface area contributed by atoms with E-state index in [0.717, 1.165) is 22.9 Å². The van der Waals surface area contributed by atoms with Gasteiger partial charge in [0, 0.05) is 46.4 Å². The number of nitrogens with zero attached hydrogens (tertiary/aromatic N) is 2. The number of benzene rings is 2. The molecule has 2 aromatic heterocycles. The zero-order valence-electron chi connectivity index (χ0n) is 17.7. The number of amides is 1. The van der Waals surface area contributed by atoms with E-state index in [1.54, 1.807) is 19.3 Å². The number of fused-ring (bicyclic) bond motifs is 1. The molecule has 1 amide bonds. The molecular formula is C24H30ClN5O2. The van der Waals surface area contributed by atoms with Gasteiger partial charge in [-0.3, -0.25) is 14.2 Å². The van der Waals surface area contributed by atoms with Crippen LogP contribution in [0.15, 0.2) is 65.7 Å². The minimum Gasteiger partial charge on any atom is -0.365 e. The van der Waals surface area contributed by atoms with Crippen LogP contribution >= 0.6 is 11.6 Å². The van der Waals surface area contributed by atoms with Gasteiger partial charge in [-0.1, -0.05) is 48.0 Å². The number of anilines is 1. The Kier molecular flexibility index (Phi) is 6.56. The highest BCUT2D eigenvalue weighted by molar-refractivity contribution is 6.35. The van der Waals surface area contributed by atoms with Gasteiger partial charge < -0.3 is 15.6 Å². The van der Waals surface area contributed by atoms with Crippen LogP contribution in [-0.4, -0.2) is 27.0 Å². The molecule has 0 fully saturated rings. The summed E-state index contributed by atoms with van der Waals surface area (Å²) in [6.45, 7) is 2.61. The lowest BCUT2D eigenvalue weighted by molar-refractivity contribution is -0.121. The summed E-state index contributed by atoms with van der Waals surface area (Å²) in [6, 6.07) is 15.8. The van der Waals surface area contributed by atoms with Gasteiger partial charge >= 0.3 is 0 Å². The first kappa shape index (κ1) is 21.6. The van der Waals surface area contributed by atoms with Gasteiger partial charge in [0.25, 0.3) is 5.56 Å². The number of H-pyrrole nitrogens is 1. The molecule has 0 radical (unpaired) electrons. The second kappa shape index (κ2) is 9.70. The summed E-state index contributed by atoms with van der Waals surface area (Å²) in [4.78, 5) is 32.7. The van der Waals surface area contributed by atoms with Gasteiger partial charge in [-0.05, 0) is 36.6 Å². The van der Waals surface area contributed by atoms with Gasteiger partial charge in [-0.25, -0.2) is 4.98 Å². The minimum atomic E-state index is -0.311. The van der Waals surface area contributed by atoms with Crippen LogP contribution in [0.4, 0.5) is 5.82 Å². The Morgan fingerprint density at radius 2 is 2.00 bits per heavy atom. The number of aryl methyl sites for hydroxylation is 1. The van der Waals surface area contributed by atoms with E-state index in [0.29, 0.717) is 23.8 Å². The molecule has 0 unspecified atom stereocenters. The van der Waals surface area contributed by atoms with Crippen molar-refractivity contribution in [2.45, 2.75) is 26.4 Å². The predicted octanol–water partition coefficient (Wildman–Crippen LogP) is 4.40. The number of aromatic nitrogens is 3. The summed E-state index contributed by atoms with van der Waals surface area (Å²) in [5, 5.41) is 7.50. The molecule has 2 heterocycles. The molecule has 170 valence electrons. The Balaban J connectivity index is 0.00000204. The molecule has 2 aromatic carbocycles. The molecule has 0 bridgehead atoms. The Morgan fingerprint density at radius 1 is 1.19 bits per heavy atom. The lowest BCUT2D eigenvalue weighted by atomic mass is 10.1. The van der Waals surface area contributed by atoms with E-state index in [4.69, 9.17) is 11.6 Å². The molecule has 0 atom stereocenters. The molecular weight excluding hydrogens is 426 g/mol. The molecule has 3 N–H and O–H groups in total. The zero-order chi connectivity index (χ0) is 22.5. The van der Waals surface area contributed by atoms with Crippen LogP contribution in [-0.2, 0) is 24.3 Å². The average Bonchev–Trinajstić information content (AvgIpc) is 3.17. The number of carbonyl (C=O) groups excluding carboxylic acids is 1. The topological polar surface area (TPSA) is 91.8 Å². The van der Waals surface area contributed by atoms with Crippen molar-refractivity contribution in [1.29, 1.82) is 0 Å². The van der Waals surface area contributed by atoms with E-state index in [9.17, 15) is 9.59 Å². The minimum absolute atomic E-state index is 0. The first-order valence-electron chi connectivity index (χ1n) is 10.4. The van der Waals surface area contributed by atoms with Gasteiger partial charge in [-0.2, -0.15) is 0 Å². The van der Waals surface area contributed by atoms with Crippen molar-refractivity contribution >= 4 is 34.2 Å². The summed E-state index contributed by atoms with van der Waals surface area (Å²) in [5.41, 5.74) is 3.35. The van der Waals surface area contributed by atoms with E-state index in [1.807, 2.05) is 48.5 Å². The van der Waals surface area contributed by atoms with E-state index >= 15 is 0 Å². The molecule has 0 spiro atoms. The van der Waals surface area contributed by atoms with Crippen LogP contribution in [0.1, 0.15) is 21.1 Å². The van der Waals surface area contributed by atoms with E-state index in [1.165, 1.54) is 10.1 Å². The summed E-state index contributed by atoms with van der Waals surface area (Å²) in [5.74, 6) is -0.0104. The molecule has 0 aliphatic rings. The number of carbonyl (C=O) groups is 1. The summed E-state index contributed by atoms with van der Waals surface area (Å²) in [7, 11) is 0. The second-order valence-corrected chi connectivity index (χ2v) is 8.00. The molecule has 0 saturated heterocycles. The number of nitrogens with one attached hydrogen (secondary N) is 3. The summed E-state index contributed by atoms with van der Waals surface area (Å²) in [6.07, 6.45) is 4.10. The van der Waals surface area contributed by atoms with E-state index in [2.05, 4.69) is 20.6 Å². The van der Waals surface area contributed by atoms with Gasteiger partial charge in [0.15, 0.2) is 5.82 Å². The third-order valence-corrected chi connectivity index (χ3v) is 5.60. The Bertz CT molecular complexity index is 1310. The fourth-order valence-corrected chi connectivity index (χ4v) is 3.71. The SMILES string of the molecule is Cc1cnc(NCCc2ccccc2)c(=O)n1CC(=O)NCc1ccc2[nH]cc(Cl)c2c1.[HH].[HH].[HH]. The lowest BCUT2D eigenvalue weighted by Gasteiger charge is -2.13. The molecule has 4 aromatic rings. The van der Waals surface area contributed by atoms with E-state index < -0.39 is 0 Å². The Labute approximate surface area is 194 Å². The Morgan fingerprint density at radius 3 is 2.81 bits per heavy atom. The largest absolute Gasteiger partial charge is 0.365 e. The molecule has 32 heavy (non-hydrogen) atoms. The third kappa shape index (κ3) is 5.00. The lowest BCUT2D eigenvalue weighted by Crippen LogP contribution is -2.34. The van der Waals surface area contributed by atoms with Gasteiger partial charge in [-0.15, -0.1) is 0 Å². The fraction of sp³-hybridized carbons (Fsp3) is 0.208. The number of hydrogen-bond acceptors (Lipinski definition) is 4. The average molecular weight is 456 g/mol. The van der Waals surface area contributed by atoms with Crippen molar-refractivity contribution in [3.05, 3.63) is 93.1 Å². The van der Waals surface area contributed by atoms with Crippen LogP contribution in [0.2, 0.25) is 5.02 Å². The summed E-state index contributed by atoms with van der Waals surface area (Å²) < 4.78 is 1.43. The second-order valence-electron chi connectivity index (χ2n) is 7.60. The normalized spacial score (nSPS) is 10.9. The maximum atomic E-state index is 12.8. The maximum absolute atomic E-state index is 12.8. The Hall–Kier alpha value is -3.58. The fourth-order valence-electron chi connectivity index (χ4n) is 3.50. The predicted molar refractivity (Wildman–Crippen MR) is 133 cm³/mol. The first-order valence-corrected chi connectivity index (χ1v) is 10.8. The maximum Gasteiger partial charge on any atom is 0.293 e. The highest BCUT2D eigenvalue weighted by atomic mass is 35.5. The van der Waals surface area contributed by atoms with Crippen LogP contribution in [0, 0.1) is 6.92 Å². The molecule has 0 saturated carbocycles. The molecule has 7 nitrogen and oxygen atoms in total. The van der Waals surface area contributed by atoms with Crippen LogP contribution in [0.3, 0.4) is 0 Å². The van der Waals surface area contributed by atoms with Crippen molar-refractivity contribution in [3.63, 3.8) is 0 Å². The van der Waals surface area contributed by atoms with Gasteiger partial charge in [0.05, 0.1) is 5.02 Å². The van der Waals surface area contributed by atoms with Gasteiger partial charge in [0.2, 0.25) is 5.91 Å². The highest BCUT2D eigenvalue weighted by Crippen LogP contribution is 2.23. The molecule has 0 aliphatic heterocycles. The standard InChI is InChI=1S/C24H24ClN5O2.3H2/c1-16-12-29-23(26-10-9-17-5-3-2-4-6-17)24(32)30(16)15-22(31)28-13-18-7-8-21-19(11-18)20(25)14-27-21;;;/h2-8,11-12,14,27H,9-10,13,15H2,1H3,(H,26,29)(H,28,31);3*1H. The van der Waals surface area contributed by atoms with Crippen molar-refractivity contribution in [2.75, 3.05) is 11.9 Å². The molecule has 8 heteroatoms.